The van der Waals surface area contributed by atoms with Gasteiger partial charge in [-0.1, -0.05) is 18.2 Å². The van der Waals surface area contributed by atoms with Gasteiger partial charge in [-0.15, -0.1) is 0 Å². The van der Waals surface area contributed by atoms with E-state index < -0.39 is 0 Å². The fourth-order valence-electron chi connectivity index (χ4n) is 2.37. The van der Waals surface area contributed by atoms with E-state index >= 15 is 0 Å². The Hall–Kier alpha value is -2.56. The van der Waals surface area contributed by atoms with Crippen molar-refractivity contribution < 1.29 is 4.74 Å². The molecule has 1 atom stereocenters. The number of nitrogens with zero attached hydrogens (tertiary/aromatic N) is 3. The normalized spacial score (nSPS) is 12.3. The quantitative estimate of drug-likeness (QED) is 0.785. The number of anilines is 1. The van der Waals surface area contributed by atoms with Crippen molar-refractivity contribution >= 4 is 11.3 Å². The molecule has 0 radical (unpaired) electrons. The van der Waals surface area contributed by atoms with Crippen molar-refractivity contribution in [1.29, 1.82) is 0 Å². The second-order valence-electron chi connectivity index (χ2n) is 5.47. The molecule has 114 valence electrons. The number of fused-ring (bicyclic) bond motifs is 1. The largest absolute Gasteiger partial charge is 0.489 e. The molecule has 0 spiro atoms. The van der Waals surface area contributed by atoms with Crippen LogP contribution in [-0.4, -0.2) is 27.2 Å². The summed E-state index contributed by atoms with van der Waals surface area (Å²) in [7, 11) is 0. The third kappa shape index (κ3) is 3.03. The smallest absolute Gasteiger partial charge is 0.152 e. The second-order valence-corrected chi connectivity index (χ2v) is 5.47. The van der Waals surface area contributed by atoms with Gasteiger partial charge in [0.2, 0.25) is 0 Å². The molecule has 1 N–H and O–H groups in total. The standard InChI is InChI=1S/C17H20N4O/c1-12-6-4-5-7-16(12)22-14(3)11-19-17-15-10-13(2)20-21(15)9-8-18-17/h4-10,14H,11H2,1-3H3,(H,18,19). The molecule has 2 heterocycles. The topological polar surface area (TPSA) is 51.5 Å². The molecule has 1 aromatic carbocycles. The van der Waals surface area contributed by atoms with Gasteiger partial charge in [-0.2, -0.15) is 5.10 Å². The number of hydrogen-bond donors (Lipinski definition) is 1. The van der Waals surface area contributed by atoms with E-state index in [9.17, 15) is 0 Å². The maximum Gasteiger partial charge on any atom is 0.152 e. The zero-order chi connectivity index (χ0) is 15.5. The second kappa shape index (κ2) is 6.05. The summed E-state index contributed by atoms with van der Waals surface area (Å²) < 4.78 is 7.80. The van der Waals surface area contributed by atoms with E-state index in [0.29, 0.717) is 6.54 Å². The summed E-state index contributed by atoms with van der Waals surface area (Å²) >= 11 is 0. The highest BCUT2D eigenvalue weighted by molar-refractivity contribution is 5.67. The van der Waals surface area contributed by atoms with Crippen LogP contribution in [0.4, 0.5) is 5.82 Å². The van der Waals surface area contributed by atoms with E-state index in [1.54, 1.807) is 6.20 Å². The van der Waals surface area contributed by atoms with E-state index in [1.807, 2.05) is 61.8 Å². The average molecular weight is 296 g/mol. The first-order valence-corrected chi connectivity index (χ1v) is 7.40. The van der Waals surface area contributed by atoms with Crippen LogP contribution in [0.15, 0.2) is 42.7 Å². The van der Waals surface area contributed by atoms with Crippen LogP contribution in [0.1, 0.15) is 18.2 Å². The van der Waals surface area contributed by atoms with Gasteiger partial charge in [0.15, 0.2) is 5.82 Å². The summed E-state index contributed by atoms with van der Waals surface area (Å²) in [4.78, 5) is 4.39. The van der Waals surface area contributed by atoms with Crippen LogP contribution in [-0.2, 0) is 0 Å². The van der Waals surface area contributed by atoms with Gasteiger partial charge in [-0.05, 0) is 38.5 Å². The van der Waals surface area contributed by atoms with Crippen molar-refractivity contribution in [2.24, 2.45) is 0 Å². The van der Waals surface area contributed by atoms with Crippen molar-refractivity contribution in [2.45, 2.75) is 26.9 Å². The lowest BCUT2D eigenvalue weighted by Gasteiger charge is -2.17. The van der Waals surface area contributed by atoms with Gasteiger partial charge in [0.25, 0.3) is 0 Å². The molecule has 22 heavy (non-hydrogen) atoms. The molecular weight excluding hydrogens is 276 g/mol. The highest BCUT2D eigenvalue weighted by Crippen LogP contribution is 2.19. The predicted octanol–water partition coefficient (Wildman–Crippen LogP) is 3.23. The molecule has 0 aliphatic rings. The van der Waals surface area contributed by atoms with Crippen LogP contribution < -0.4 is 10.1 Å². The van der Waals surface area contributed by atoms with Crippen molar-refractivity contribution in [3.05, 3.63) is 54.0 Å². The molecule has 3 aromatic rings. The number of nitrogens with one attached hydrogen (secondary N) is 1. The van der Waals surface area contributed by atoms with E-state index in [4.69, 9.17) is 4.74 Å². The Bertz CT molecular complexity index is 781. The van der Waals surface area contributed by atoms with Crippen molar-refractivity contribution in [1.82, 2.24) is 14.6 Å². The van der Waals surface area contributed by atoms with Crippen molar-refractivity contribution in [3.8, 4) is 5.75 Å². The number of aromatic nitrogens is 3. The number of hydrogen-bond acceptors (Lipinski definition) is 4. The molecule has 0 amide bonds. The molecule has 0 fully saturated rings. The van der Waals surface area contributed by atoms with Crippen LogP contribution >= 0.6 is 0 Å². The zero-order valence-corrected chi connectivity index (χ0v) is 13.1. The van der Waals surface area contributed by atoms with Crippen LogP contribution in [0.5, 0.6) is 5.75 Å². The summed E-state index contributed by atoms with van der Waals surface area (Å²) in [5, 5.41) is 7.73. The molecule has 1 unspecified atom stereocenters. The molecule has 5 nitrogen and oxygen atoms in total. The Morgan fingerprint density at radius 1 is 1.27 bits per heavy atom. The summed E-state index contributed by atoms with van der Waals surface area (Å²) in [6.07, 6.45) is 3.63. The highest BCUT2D eigenvalue weighted by Gasteiger charge is 2.09. The Morgan fingerprint density at radius 2 is 2.09 bits per heavy atom. The number of aryl methyl sites for hydroxylation is 2. The molecule has 0 bridgehead atoms. The van der Waals surface area contributed by atoms with Gasteiger partial charge >= 0.3 is 0 Å². The third-order valence-electron chi connectivity index (χ3n) is 3.49. The number of para-hydroxylation sites is 1. The molecule has 0 saturated heterocycles. The Morgan fingerprint density at radius 3 is 2.91 bits per heavy atom. The number of ether oxygens (including phenoxy) is 1. The molecular formula is C17H20N4O. The van der Waals surface area contributed by atoms with Crippen LogP contribution in [0.25, 0.3) is 5.52 Å². The molecule has 3 rings (SSSR count). The first kappa shape index (κ1) is 14.4. The fourth-order valence-corrected chi connectivity index (χ4v) is 2.37. The lowest BCUT2D eigenvalue weighted by atomic mass is 10.2. The molecule has 5 heteroatoms. The zero-order valence-electron chi connectivity index (χ0n) is 13.1. The highest BCUT2D eigenvalue weighted by atomic mass is 16.5. The Labute approximate surface area is 130 Å². The van der Waals surface area contributed by atoms with Crippen molar-refractivity contribution in [2.75, 3.05) is 11.9 Å². The monoisotopic (exact) mass is 296 g/mol. The summed E-state index contributed by atoms with van der Waals surface area (Å²) in [5.41, 5.74) is 3.09. The van der Waals surface area contributed by atoms with E-state index in [1.165, 1.54) is 0 Å². The van der Waals surface area contributed by atoms with Crippen molar-refractivity contribution in [3.63, 3.8) is 0 Å². The summed E-state index contributed by atoms with van der Waals surface area (Å²) in [6, 6.07) is 10.1. The van der Waals surface area contributed by atoms with Gasteiger partial charge in [-0.25, -0.2) is 9.50 Å². The van der Waals surface area contributed by atoms with E-state index in [-0.39, 0.29) is 6.10 Å². The SMILES string of the molecule is Cc1cc2c(NCC(C)Oc3ccccc3C)nccn2n1. The van der Waals surface area contributed by atoms with E-state index in [2.05, 4.69) is 15.4 Å². The van der Waals surface area contributed by atoms with Crippen LogP contribution in [0.2, 0.25) is 0 Å². The first-order chi connectivity index (χ1) is 10.6. The first-order valence-electron chi connectivity index (χ1n) is 7.40. The molecule has 0 saturated carbocycles. The van der Waals surface area contributed by atoms with Gasteiger partial charge in [0, 0.05) is 12.4 Å². The van der Waals surface area contributed by atoms with Gasteiger partial charge in [0.1, 0.15) is 17.4 Å². The lowest BCUT2D eigenvalue weighted by molar-refractivity contribution is 0.233. The maximum atomic E-state index is 5.97. The molecule has 2 aromatic heterocycles. The van der Waals surface area contributed by atoms with Gasteiger partial charge in [-0.3, -0.25) is 0 Å². The minimum absolute atomic E-state index is 0.0344. The van der Waals surface area contributed by atoms with Gasteiger partial charge < -0.3 is 10.1 Å². The minimum atomic E-state index is 0.0344. The van der Waals surface area contributed by atoms with Crippen LogP contribution in [0.3, 0.4) is 0 Å². The number of rotatable bonds is 5. The fraction of sp³-hybridized carbons (Fsp3) is 0.294. The molecule has 0 aliphatic carbocycles. The number of benzene rings is 1. The third-order valence-corrected chi connectivity index (χ3v) is 3.49. The van der Waals surface area contributed by atoms with Gasteiger partial charge in [0.05, 0.1) is 12.2 Å². The maximum absolute atomic E-state index is 5.97. The van der Waals surface area contributed by atoms with Crippen LogP contribution in [0, 0.1) is 13.8 Å². The average Bonchev–Trinajstić information content (AvgIpc) is 2.88. The summed E-state index contributed by atoms with van der Waals surface area (Å²) in [6.45, 7) is 6.74. The minimum Gasteiger partial charge on any atom is -0.489 e. The predicted molar refractivity (Wildman–Crippen MR) is 87.5 cm³/mol. The molecule has 0 aliphatic heterocycles. The lowest BCUT2D eigenvalue weighted by Crippen LogP contribution is -2.23. The Balaban J connectivity index is 1.67. The Kier molecular flexibility index (Phi) is 3.96. The van der Waals surface area contributed by atoms with E-state index in [0.717, 1.165) is 28.3 Å². The summed E-state index contributed by atoms with van der Waals surface area (Å²) in [5.74, 6) is 1.74.